The molecule has 4 heteroatoms. The summed E-state index contributed by atoms with van der Waals surface area (Å²) in [6, 6.07) is 15.0. The molecule has 4 nitrogen and oxygen atoms in total. The van der Waals surface area contributed by atoms with E-state index in [2.05, 4.69) is 10.3 Å². The lowest BCUT2D eigenvalue weighted by atomic mass is 10.0. The first-order valence-electron chi connectivity index (χ1n) is 7.17. The van der Waals surface area contributed by atoms with Crippen LogP contribution in [0.5, 0.6) is 0 Å². The number of amides is 1. The molecule has 0 bridgehead atoms. The van der Waals surface area contributed by atoms with Crippen LogP contribution >= 0.6 is 0 Å². The minimum Gasteiger partial charge on any atom is -0.347 e. The van der Waals surface area contributed by atoms with E-state index in [1.165, 1.54) is 5.56 Å². The van der Waals surface area contributed by atoms with Crippen LogP contribution in [0.3, 0.4) is 0 Å². The number of carbonyl (C=O) groups is 1. The Morgan fingerprint density at radius 1 is 1.19 bits per heavy atom. The quantitative estimate of drug-likeness (QED) is 0.854. The maximum atomic E-state index is 12.1. The molecule has 0 aliphatic carbocycles. The maximum Gasteiger partial charge on any atom is 0.237 e. The van der Waals surface area contributed by atoms with Gasteiger partial charge in [0.1, 0.15) is 0 Å². The van der Waals surface area contributed by atoms with Gasteiger partial charge in [-0.3, -0.25) is 9.78 Å². The van der Waals surface area contributed by atoms with Crippen molar-refractivity contribution < 1.29 is 4.79 Å². The standard InChI is InChI=1S/C17H21N3O/c1-13(16-9-5-6-12-19-16)20-17(21)15(18)11-10-14-7-3-2-4-8-14/h2-9,12-13,15H,10-11,18H2,1H3,(H,20,21)/t13-,15?/m0/s1. The van der Waals surface area contributed by atoms with Crippen molar-refractivity contribution in [2.45, 2.75) is 31.8 Å². The summed E-state index contributed by atoms with van der Waals surface area (Å²) in [5.74, 6) is -0.135. The van der Waals surface area contributed by atoms with E-state index < -0.39 is 6.04 Å². The second-order valence-electron chi connectivity index (χ2n) is 5.12. The molecule has 110 valence electrons. The highest BCUT2D eigenvalue weighted by atomic mass is 16.2. The molecule has 3 N–H and O–H groups in total. The van der Waals surface area contributed by atoms with Gasteiger partial charge < -0.3 is 11.1 Å². The molecule has 0 saturated heterocycles. The number of carbonyl (C=O) groups excluding carboxylic acids is 1. The fourth-order valence-corrected chi connectivity index (χ4v) is 2.12. The molecule has 0 aliphatic rings. The molecule has 0 radical (unpaired) electrons. The van der Waals surface area contributed by atoms with E-state index in [-0.39, 0.29) is 11.9 Å². The van der Waals surface area contributed by atoms with Crippen molar-refractivity contribution in [2.24, 2.45) is 5.73 Å². The van der Waals surface area contributed by atoms with Gasteiger partial charge in [-0.05, 0) is 37.5 Å². The van der Waals surface area contributed by atoms with Crippen molar-refractivity contribution in [3.05, 3.63) is 66.0 Å². The summed E-state index contributed by atoms with van der Waals surface area (Å²) in [6.07, 6.45) is 3.14. The Labute approximate surface area is 125 Å². The fraction of sp³-hybridized carbons (Fsp3) is 0.294. The average molecular weight is 283 g/mol. The molecule has 1 aromatic heterocycles. The Balaban J connectivity index is 1.82. The highest BCUT2D eigenvalue weighted by Gasteiger charge is 2.16. The van der Waals surface area contributed by atoms with Crippen LogP contribution < -0.4 is 11.1 Å². The van der Waals surface area contributed by atoms with Gasteiger partial charge in [-0.1, -0.05) is 36.4 Å². The van der Waals surface area contributed by atoms with Gasteiger partial charge in [-0.15, -0.1) is 0 Å². The van der Waals surface area contributed by atoms with E-state index >= 15 is 0 Å². The molecule has 1 amide bonds. The number of nitrogens with zero attached hydrogens (tertiary/aromatic N) is 1. The summed E-state index contributed by atoms with van der Waals surface area (Å²) in [5.41, 5.74) is 7.99. The van der Waals surface area contributed by atoms with Gasteiger partial charge in [0.05, 0.1) is 17.8 Å². The summed E-state index contributed by atoms with van der Waals surface area (Å²) in [4.78, 5) is 16.3. The number of rotatable bonds is 6. The summed E-state index contributed by atoms with van der Waals surface area (Å²) in [6.45, 7) is 1.91. The van der Waals surface area contributed by atoms with Crippen LogP contribution in [0.4, 0.5) is 0 Å². The zero-order chi connectivity index (χ0) is 15.1. The number of aryl methyl sites for hydroxylation is 1. The van der Waals surface area contributed by atoms with E-state index in [1.807, 2.05) is 55.5 Å². The van der Waals surface area contributed by atoms with Crippen LogP contribution in [0.2, 0.25) is 0 Å². The van der Waals surface area contributed by atoms with Gasteiger partial charge in [-0.2, -0.15) is 0 Å². The molecule has 0 saturated carbocycles. The highest BCUT2D eigenvalue weighted by molar-refractivity contribution is 5.81. The summed E-state index contributed by atoms with van der Waals surface area (Å²) in [5, 5.41) is 2.91. The number of benzene rings is 1. The zero-order valence-corrected chi connectivity index (χ0v) is 12.2. The van der Waals surface area contributed by atoms with Gasteiger partial charge in [0, 0.05) is 6.20 Å². The molecule has 1 aromatic carbocycles. The average Bonchev–Trinajstić information content (AvgIpc) is 2.54. The number of nitrogens with one attached hydrogen (secondary N) is 1. The Bertz CT molecular complexity index is 557. The Morgan fingerprint density at radius 3 is 2.57 bits per heavy atom. The largest absolute Gasteiger partial charge is 0.347 e. The van der Waals surface area contributed by atoms with E-state index in [4.69, 9.17) is 5.73 Å². The van der Waals surface area contributed by atoms with Crippen LogP contribution in [0.15, 0.2) is 54.7 Å². The van der Waals surface area contributed by atoms with Crippen molar-refractivity contribution in [1.82, 2.24) is 10.3 Å². The highest BCUT2D eigenvalue weighted by Crippen LogP contribution is 2.09. The normalized spacial score (nSPS) is 13.4. The van der Waals surface area contributed by atoms with Gasteiger partial charge in [0.25, 0.3) is 0 Å². The number of hydrogen-bond donors (Lipinski definition) is 2. The van der Waals surface area contributed by atoms with E-state index in [0.717, 1.165) is 12.1 Å². The van der Waals surface area contributed by atoms with E-state index in [0.29, 0.717) is 6.42 Å². The molecule has 0 fully saturated rings. The molecule has 1 unspecified atom stereocenters. The lowest BCUT2D eigenvalue weighted by Crippen LogP contribution is -2.42. The SMILES string of the molecule is C[C@H](NC(=O)C(N)CCc1ccccc1)c1ccccn1. The molecule has 0 spiro atoms. The van der Waals surface area contributed by atoms with Gasteiger partial charge in [-0.25, -0.2) is 0 Å². The summed E-state index contributed by atoms with van der Waals surface area (Å²) >= 11 is 0. The first-order valence-corrected chi connectivity index (χ1v) is 7.17. The van der Waals surface area contributed by atoms with Crippen molar-refractivity contribution >= 4 is 5.91 Å². The maximum absolute atomic E-state index is 12.1. The van der Waals surface area contributed by atoms with Crippen molar-refractivity contribution in [2.75, 3.05) is 0 Å². The zero-order valence-electron chi connectivity index (χ0n) is 12.2. The van der Waals surface area contributed by atoms with Crippen LogP contribution in [0, 0.1) is 0 Å². The Morgan fingerprint density at radius 2 is 1.90 bits per heavy atom. The number of aromatic nitrogens is 1. The third-order valence-corrected chi connectivity index (χ3v) is 3.41. The van der Waals surface area contributed by atoms with Gasteiger partial charge in [0.2, 0.25) is 5.91 Å². The van der Waals surface area contributed by atoms with Gasteiger partial charge >= 0.3 is 0 Å². The van der Waals surface area contributed by atoms with Gasteiger partial charge in [0.15, 0.2) is 0 Å². The molecule has 21 heavy (non-hydrogen) atoms. The topological polar surface area (TPSA) is 68.0 Å². The Kier molecular flexibility index (Phi) is 5.46. The molecule has 2 rings (SSSR count). The van der Waals surface area contributed by atoms with Crippen LogP contribution in [-0.2, 0) is 11.2 Å². The summed E-state index contributed by atoms with van der Waals surface area (Å²) < 4.78 is 0. The van der Waals surface area contributed by atoms with Crippen molar-refractivity contribution in [3.63, 3.8) is 0 Å². The predicted octanol–water partition coefficient (Wildman–Crippen LogP) is 2.22. The molecular weight excluding hydrogens is 262 g/mol. The molecule has 0 aliphatic heterocycles. The molecule has 2 aromatic rings. The molecule has 2 atom stereocenters. The van der Waals surface area contributed by atoms with E-state index in [9.17, 15) is 4.79 Å². The van der Waals surface area contributed by atoms with Crippen molar-refractivity contribution in [1.29, 1.82) is 0 Å². The monoisotopic (exact) mass is 283 g/mol. The number of nitrogens with two attached hydrogens (primary N) is 1. The number of pyridine rings is 1. The third-order valence-electron chi connectivity index (χ3n) is 3.41. The second kappa shape index (κ2) is 7.55. The van der Waals surface area contributed by atoms with Crippen molar-refractivity contribution in [3.8, 4) is 0 Å². The lowest BCUT2D eigenvalue weighted by Gasteiger charge is -2.17. The first-order chi connectivity index (χ1) is 10.2. The number of hydrogen-bond acceptors (Lipinski definition) is 3. The fourth-order valence-electron chi connectivity index (χ4n) is 2.12. The molecule has 1 heterocycles. The third kappa shape index (κ3) is 4.68. The first kappa shape index (κ1) is 15.2. The summed E-state index contributed by atoms with van der Waals surface area (Å²) in [7, 11) is 0. The van der Waals surface area contributed by atoms with Crippen LogP contribution in [-0.4, -0.2) is 16.9 Å². The smallest absolute Gasteiger partial charge is 0.237 e. The Hall–Kier alpha value is -2.20. The lowest BCUT2D eigenvalue weighted by molar-refractivity contribution is -0.123. The minimum atomic E-state index is -0.503. The molecular formula is C17H21N3O. The van der Waals surface area contributed by atoms with Crippen LogP contribution in [0.1, 0.15) is 30.6 Å². The second-order valence-corrected chi connectivity index (χ2v) is 5.12. The van der Waals surface area contributed by atoms with Crippen LogP contribution in [0.25, 0.3) is 0 Å². The predicted molar refractivity (Wildman–Crippen MR) is 83.5 cm³/mol. The minimum absolute atomic E-state index is 0.135. The van der Waals surface area contributed by atoms with E-state index in [1.54, 1.807) is 6.20 Å².